The minimum atomic E-state index is -0.244. The first-order chi connectivity index (χ1) is 8.69. The molecule has 2 rings (SSSR count). The molecule has 0 aliphatic carbocycles. The highest BCUT2D eigenvalue weighted by molar-refractivity contribution is 5.29. The summed E-state index contributed by atoms with van der Waals surface area (Å²) in [6.07, 6.45) is 0. The maximum Gasteiger partial charge on any atom is 0.129 e. The van der Waals surface area contributed by atoms with Crippen molar-refractivity contribution < 1.29 is 9.13 Å². The molecule has 0 aliphatic rings. The SMILES string of the molecule is Cc1ccc(OCc2ccc(CN)cc2)cc1F. The van der Waals surface area contributed by atoms with Gasteiger partial charge in [-0.05, 0) is 29.7 Å². The molecule has 0 saturated heterocycles. The Labute approximate surface area is 106 Å². The molecule has 2 N–H and O–H groups in total. The number of rotatable bonds is 4. The lowest BCUT2D eigenvalue weighted by Crippen LogP contribution is -1.99. The van der Waals surface area contributed by atoms with E-state index >= 15 is 0 Å². The smallest absolute Gasteiger partial charge is 0.129 e. The Morgan fingerprint density at radius 2 is 1.72 bits per heavy atom. The Hall–Kier alpha value is -1.87. The molecule has 0 saturated carbocycles. The Balaban J connectivity index is 1.99. The number of benzene rings is 2. The number of aryl methyl sites for hydroxylation is 1. The van der Waals surface area contributed by atoms with Crippen LogP contribution < -0.4 is 10.5 Å². The summed E-state index contributed by atoms with van der Waals surface area (Å²) in [5.74, 6) is 0.298. The molecule has 0 amide bonds. The Morgan fingerprint density at radius 1 is 1.06 bits per heavy atom. The molecule has 0 aromatic heterocycles. The van der Waals surface area contributed by atoms with Gasteiger partial charge < -0.3 is 10.5 Å². The highest BCUT2D eigenvalue weighted by atomic mass is 19.1. The van der Waals surface area contributed by atoms with Crippen LogP contribution >= 0.6 is 0 Å². The summed E-state index contributed by atoms with van der Waals surface area (Å²) in [6.45, 7) is 2.68. The first kappa shape index (κ1) is 12.6. The predicted octanol–water partition coefficient (Wildman–Crippen LogP) is 3.17. The van der Waals surface area contributed by atoms with Crippen molar-refractivity contribution in [3.63, 3.8) is 0 Å². The molecular weight excluding hydrogens is 229 g/mol. The van der Waals surface area contributed by atoms with Crippen molar-refractivity contribution in [3.05, 3.63) is 65.0 Å². The van der Waals surface area contributed by atoms with Crippen molar-refractivity contribution in [1.29, 1.82) is 0 Å². The molecule has 0 fully saturated rings. The van der Waals surface area contributed by atoms with E-state index in [1.54, 1.807) is 19.1 Å². The Kier molecular flexibility index (Phi) is 3.95. The summed E-state index contributed by atoms with van der Waals surface area (Å²) < 4.78 is 18.8. The van der Waals surface area contributed by atoms with Gasteiger partial charge in [-0.15, -0.1) is 0 Å². The van der Waals surface area contributed by atoms with Gasteiger partial charge in [-0.1, -0.05) is 30.3 Å². The lowest BCUT2D eigenvalue weighted by atomic mass is 10.1. The van der Waals surface area contributed by atoms with Gasteiger partial charge in [0.25, 0.3) is 0 Å². The number of nitrogens with two attached hydrogens (primary N) is 1. The lowest BCUT2D eigenvalue weighted by molar-refractivity contribution is 0.304. The highest BCUT2D eigenvalue weighted by Gasteiger charge is 2.01. The maximum absolute atomic E-state index is 13.3. The highest BCUT2D eigenvalue weighted by Crippen LogP contribution is 2.17. The van der Waals surface area contributed by atoms with Crippen LogP contribution in [0.4, 0.5) is 4.39 Å². The summed E-state index contributed by atoms with van der Waals surface area (Å²) in [5, 5.41) is 0. The quantitative estimate of drug-likeness (QED) is 0.898. The van der Waals surface area contributed by atoms with Crippen LogP contribution in [-0.2, 0) is 13.2 Å². The summed E-state index contributed by atoms with van der Waals surface area (Å²) in [4.78, 5) is 0. The average Bonchev–Trinajstić information content (AvgIpc) is 2.41. The van der Waals surface area contributed by atoms with Crippen LogP contribution in [0.15, 0.2) is 42.5 Å². The molecule has 2 nitrogen and oxygen atoms in total. The van der Waals surface area contributed by atoms with Gasteiger partial charge in [0.2, 0.25) is 0 Å². The molecule has 94 valence electrons. The molecule has 0 bridgehead atoms. The summed E-state index contributed by atoms with van der Waals surface area (Å²) in [5.41, 5.74) is 8.26. The molecular formula is C15H16FNO. The molecule has 0 spiro atoms. The number of halogens is 1. The second-order valence-corrected chi connectivity index (χ2v) is 4.22. The van der Waals surface area contributed by atoms with E-state index in [0.717, 1.165) is 11.1 Å². The topological polar surface area (TPSA) is 35.2 Å². The first-order valence-electron chi connectivity index (χ1n) is 5.86. The molecule has 2 aromatic carbocycles. The monoisotopic (exact) mass is 245 g/mol. The van der Waals surface area contributed by atoms with E-state index in [0.29, 0.717) is 24.5 Å². The number of hydrogen-bond acceptors (Lipinski definition) is 2. The van der Waals surface area contributed by atoms with Crippen LogP contribution in [0.3, 0.4) is 0 Å². The number of hydrogen-bond donors (Lipinski definition) is 1. The third-order valence-electron chi connectivity index (χ3n) is 2.81. The van der Waals surface area contributed by atoms with Crippen LogP contribution in [0.1, 0.15) is 16.7 Å². The Bertz CT molecular complexity index is 523. The van der Waals surface area contributed by atoms with Crippen molar-refractivity contribution in [2.45, 2.75) is 20.1 Å². The first-order valence-corrected chi connectivity index (χ1v) is 5.86. The molecule has 0 unspecified atom stereocenters. The van der Waals surface area contributed by atoms with Gasteiger partial charge in [-0.2, -0.15) is 0 Å². The predicted molar refractivity (Wildman–Crippen MR) is 69.8 cm³/mol. The number of ether oxygens (including phenoxy) is 1. The Morgan fingerprint density at radius 3 is 2.33 bits per heavy atom. The molecule has 0 aliphatic heterocycles. The van der Waals surface area contributed by atoms with Crippen LogP contribution in [0.2, 0.25) is 0 Å². The third kappa shape index (κ3) is 3.08. The van der Waals surface area contributed by atoms with Crippen molar-refractivity contribution in [3.8, 4) is 5.75 Å². The largest absolute Gasteiger partial charge is 0.489 e. The van der Waals surface area contributed by atoms with Crippen LogP contribution in [0.5, 0.6) is 5.75 Å². The molecule has 0 radical (unpaired) electrons. The summed E-state index contributed by atoms with van der Waals surface area (Å²) >= 11 is 0. The third-order valence-corrected chi connectivity index (χ3v) is 2.81. The molecule has 0 heterocycles. The van der Waals surface area contributed by atoms with Gasteiger partial charge in [0, 0.05) is 12.6 Å². The zero-order valence-corrected chi connectivity index (χ0v) is 10.3. The lowest BCUT2D eigenvalue weighted by Gasteiger charge is -2.07. The van der Waals surface area contributed by atoms with E-state index in [1.165, 1.54) is 6.07 Å². The van der Waals surface area contributed by atoms with E-state index in [1.807, 2.05) is 24.3 Å². The van der Waals surface area contributed by atoms with E-state index in [2.05, 4.69) is 0 Å². The zero-order chi connectivity index (χ0) is 13.0. The maximum atomic E-state index is 13.3. The van der Waals surface area contributed by atoms with Gasteiger partial charge in [0.15, 0.2) is 0 Å². The van der Waals surface area contributed by atoms with Crippen molar-refractivity contribution in [1.82, 2.24) is 0 Å². The summed E-state index contributed by atoms with van der Waals surface area (Å²) in [7, 11) is 0. The van der Waals surface area contributed by atoms with Crippen molar-refractivity contribution >= 4 is 0 Å². The van der Waals surface area contributed by atoms with Crippen molar-refractivity contribution in [2.75, 3.05) is 0 Å². The van der Waals surface area contributed by atoms with Gasteiger partial charge in [0.1, 0.15) is 18.2 Å². The van der Waals surface area contributed by atoms with E-state index in [9.17, 15) is 4.39 Å². The van der Waals surface area contributed by atoms with Crippen LogP contribution in [-0.4, -0.2) is 0 Å². The van der Waals surface area contributed by atoms with Gasteiger partial charge in [-0.3, -0.25) is 0 Å². The van der Waals surface area contributed by atoms with E-state index < -0.39 is 0 Å². The minimum Gasteiger partial charge on any atom is -0.489 e. The second kappa shape index (κ2) is 5.65. The average molecular weight is 245 g/mol. The van der Waals surface area contributed by atoms with E-state index in [4.69, 9.17) is 10.5 Å². The van der Waals surface area contributed by atoms with E-state index in [-0.39, 0.29) is 5.82 Å². The van der Waals surface area contributed by atoms with Crippen LogP contribution in [0.25, 0.3) is 0 Å². The molecule has 3 heteroatoms. The molecule has 2 aromatic rings. The van der Waals surface area contributed by atoms with Crippen molar-refractivity contribution in [2.24, 2.45) is 5.73 Å². The van der Waals surface area contributed by atoms with Gasteiger partial charge >= 0.3 is 0 Å². The minimum absolute atomic E-state index is 0.244. The normalized spacial score (nSPS) is 10.4. The standard InChI is InChI=1S/C15H16FNO/c1-11-2-7-14(8-15(11)16)18-10-13-5-3-12(9-17)4-6-13/h2-8H,9-10,17H2,1H3. The molecule has 18 heavy (non-hydrogen) atoms. The fraction of sp³-hybridized carbons (Fsp3) is 0.200. The fourth-order valence-electron chi connectivity index (χ4n) is 1.60. The van der Waals surface area contributed by atoms with Crippen LogP contribution in [0, 0.1) is 12.7 Å². The fourth-order valence-corrected chi connectivity index (χ4v) is 1.60. The zero-order valence-electron chi connectivity index (χ0n) is 10.3. The second-order valence-electron chi connectivity index (χ2n) is 4.22. The molecule has 0 atom stereocenters. The van der Waals surface area contributed by atoms with Gasteiger partial charge in [-0.25, -0.2) is 4.39 Å². The van der Waals surface area contributed by atoms with Gasteiger partial charge in [0.05, 0.1) is 0 Å². The summed E-state index contributed by atoms with van der Waals surface area (Å²) in [6, 6.07) is 12.8.